The summed E-state index contributed by atoms with van der Waals surface area (Å²) < 4.78 is 5.44. The molecule has 3 nitrogen and oxygen atoms in total. The lowest BCUT2D eigenvalue weighted by Crippen LogP contribution is -2.28. The molecule has 1 N–H and O–H groups in total. The number of ether oxygens (including phenoxy) is 1. The van der Waals surface area contributed by atoms with E-state index in [1.165, 1.54) is 89.9 Å². The Kier molecular flexibility index (Phi) is 17.2. The molecule has 0 radical (unpaired) electrons. The van der Waals surface area contributed by atoms with E-state index in [9.17, 15) is 9.90 Å². The second-order valence-electron chi connectivity index (χ2n) is 8.69. The first-order chi connectivity index (χ1) is 14.8. The maximum absolute atomic E-state index is 11.5. The molecular weight excluding hydrogens is 372 g/mol. The zero-order valence-corrected chi connectivity index (χ0v) is 19.4. The average molecular weight is 419 g/mol. The molecule has 0 amide bonds. The quantitative estimate of drug-likeness (QED) is 0.159. The van der Waals surface area contributed by atoms with Crippen LogP contribution in [0.5, 0.6) is 0 Å². The third-order valence-electron chi connectivity index (χ3n) is 5.97. The second kappa shape index (κ2) is 19.5. The highest BCUT2D eigenvalue weighted by Gasteiger charge is 2.27. The largest absolute Gasteiger partial charge is 0.493 e. The lowest BCUT2D eigenvalue weighted by molar-refractivity contribution is -0.145. The van der Waals surface area contributed by atoms with Gasteiger partial charge in [-0.2, -0.15) is 0 Å². The molecule has 1 heterocycles. The molecule has 2 atom stereocenters. The van der Waals surface area contributed by atoms with Crippen LogP contribution in [0.4, 0.5) is 0 Å². The molecule has 172 valence electrons. The number of rotatable bonds is 20. The summed E-state index contributed by atoms with van der Waals surface area (Å²) in [6.07, 6.45) is 32.9. The van der Waals surface area contributed by atoms with E-state index in [0.717, 1.165) is 12.8 Å². The fraction of sp³-hybridized carbons (Fsp3) is 0.741. The van der Waals surface area contributed by atoms with Crippen LogP contribution in [0.2, 0.25) is 0 Å². The van der Waals surface area contributed by atoms with E-state index < -0.39 is 11.9 Å². The lowest BCUT2D eigenvalue weighted by atomic mass is 9.94. The van der Waals surface area contributed by atoms with E-state index in [0.29, 0.717) is 6.42 Å². The van der Waals surface area contributed by atoms with Crippen molar-refractivity contribution in [2.45, 2.75) is 122 Å². The molecule has 0 aliphatic carbocycles. The number of hydrogen-bond acceptors (Lipinski definition) is 2. The lowest BCUT2D eigenvalue weighted by Gasteiger charge is -2.22. The van der Waals surface area contributed by atoms with Crippen LogP contribution in [0.15, 0.2) is 36.6 Å². The van der Waals surface area contributed by atoms with Gasteiger partial charge >= 0.3 is 5.97 Å². The highest BCUT2D eigenvalue weighted by atomic mass is 16.5. The van der Waals surface area contributed by atoms with Gasteiger partial charge in [0.05, 0.1) is 12.2 Å². The minimum atomic E-state index is -0.749. The van der Waals surface area contributed by atoms with Crippen molar-refractivity contribution in [1.82, 2.24) is 0 Å². The maximum Gasteiger partial charge on any atom is 0.310 e. The van der Waals surface area contributed by atoms with Crippen LogP contribution < -0.4 is 0 Å². The van der Waals surface area contributed by atoms with Gasteiger partial charge in [-0.3, -0.25) is 4.79 Å². The van der Waals surface area contributed by atoms with Gasteiger partial charge in [-0.15, -0.1) is 0 Å². The van der Waals surface area contributed by atoms with Gasteiger partial charge in [-0.25, -0.2) is 0 Å². The molecule has 0 saturated heterocycles. The fourth-order valence-corrected chi connectivity index (χ4v) is 4.02. The first kappa shape index (κ1) is 26.5. The zero-order chi connectivity index (χ0) is 21.7. The highest BCUT2D eigenvalue weighted by Crippen LogP contribution is 2.21. The molecule has 0 saturated carbocycles. The molecule has 0 aromatic heterocycles. The van der Waals surface area contributed by atoms with Gasteiger partial charge in [0.2, 0.25) is 0 Å². The topological polar surface area (TPSA) is 46.5 Å². The Balaban J connectivity index is 1.86. The number of carbonyl (C=O) groups is 1. The van der Waals surface area contributed by atoms with Gasteiger partial charge in [0.25, 0.3) is 0 Å². The first-order valence-electron chi connectivity index (χ1n) is 12.6. The molecular formula is C27H46O3. The minimum absolute atomic E-state index is 0.313. The summed E-state index contributed by atoms with van der Waals surface area (Å²) in [5.74, 6) is -1.18. The molecule has 0 aromatic rings. The van der Waals surface area contributed by atoms with Gasteiger partial charge in [-0.1, -0.05) is 102 Å². The Morgan fingerprint density at radius 3 is 1.87 bits per heavy atom. The summed E-state index contributed by atoms with van der Waals surface area (Å²) in [5.41, 5.74) is 0. The van der Waals surface area contributed by atoms with Crippen LogP contribution in [-0.2, 0) is 9.53 Å². The summed E-state index contributed by atoms with van der Waals surface area (Å²) in [7, 11) is 0. The molecule has 0 fully saturated rings. The number of unbranched alkanes of at least 4 members (excludes halogenated alkanes) is 14. The zero-order valence-electron chi connectivity index (χ0n) is 19.4. The van der Waals surface area contributed by atoms with E-state index in [-0.39, 0.29) is 6.10 Å². The maximum atomic E-state index is 11.5. The molecule has 30 heavy (non-hydrogen) atoms. The van der Waals surface area contributed by atoms with Crippen molar-refractivity contribution in [1.29, 1.82) is 0 Å². The molecule has 1 rings (SSSR count). The van der Waals surface area contributed by atoms with Gasteiger partial charge in [0.15, 0.2) is 0 Å². The van der Waals surface area contributed by atoms with Crippen molar-refractivity contribution >= 4 is 5.97 Å². The Labute approximate surface area is 185 Å². The van der Waals surface area contributed by atoms with Crippen LogP contribution in [0.25, 0.3) is 0 Å². The fourth-order valence-electron chi connectivity index (χ4n) is 4.02. The highest BCUT2D eigenvalue weighted by molar-refractivity contribution is 5.71. The smallest absolute Gasteiger partial charge is 0.310 e. The number of aliphatic carboxylic acids is 1. The van der Waals surface area contributed by atoms with E-state index in [2.05, 4.69) is 19.1 Å². The monoisotopic (exact) mass is 418 g/mol. The van der Waals surface area contributed by atoms with Crippen LogP contribution in [-0.4, -0.2) is 17.2 Å². The van der Waals surface area contributed by atoms with E-state index in [4.69, 9.17) is 4.74 Å². The van der Waals surface area contributed by atoms with Crippen LogP contribution in [0.3, 0.4) is 0 Å². The predicted octanol–water partition coefficient (Wildman–Crippen LogP) is 8.36. The van der Waals surface area contributed by atoms with Crippen LogP contribution in [0, 0.1) is 5.92 Å². The molecule has 1 aliphatic heterocycles. The Hall–Kier alpha value is -1.51. The van der Waals surface area contributed by atoms with Crippen molar-refractivity contribution in [2.24, 2.45) is 5.92 Å². The third-order valence-corrected chi connectivity index (χ3v) is 5.97. The van der Waals surface area contributed by atoms with E-state index >= 15 is 0 Å². The van der Waals surface area contributed by atoms with Crippen molar-refractivity contribution in [3.63, 3.8) is 0 Å². The van der Waals surface area contributed by atoms with Crippen LogP contribution in [0.1, 0.15) is 116 Å². The SMILES string of the molecule is CCCCCCCC/C=C\CCCCCCCCCCC(C(=O)O)C1C=CC=CO1. The summed E-state index contributed by atoms with van der Waals surface area (Å²) in [6.45, 7) is 2.27. The molecule has 0 spiro atoms. The third kappa shape index (κ3) is 14.5. The van der Waals surface area contributed by atoms with Gasteiger partial charge in [-0.05, 0) is 44.3 Å². The van der Waals surface area contributed by atoms with E-state index in [1.807, 2.05) is 12.2 Å². The van der Waals surface area contributed by atoms with Crippen molar-refractivity contribution in [3.8, 4) is 0 Å². The van der Waals surface area contributed by atoms with E-state index in [1.54, 1.807) is 12.3 Å². The Morgan fingerprint density at radius 1 is 0.833 bits per heavy atom. The predicted molar refractivity (Wildman–Crippen MR) is 128 cm³/mol. The molecule has 2 unspecified atom stereocenters. The molecule has 0 aromatic carbocycles. The number of carboxylic acids is 1. The standard InChI is InChI=1S/C27H46O3/c1-2-3-4-5-6-7-8-9-10-11-12-13-14-15-16-17-18-19-22-25(27(28)29)26-23-20-21-24-30-26/h9-10,20-21,23-26H,2-8,11-19,22H2,1H3,(H,28,29)/b10-9-. The summed E-state index contributed by atoms with van der Waals surface area (Å²) in [6, 6.07) is 0. The van der Waals surface area contributed by atoms with Gasteiger partial charge in [0.1, 0.15) is 6.10 Å². The normalized spacial score (nSPS) is 16.8. The number of allylic oxidation sites excluding steroid dienone is 4. The van der Waals surface area contributed by atoms with Crippen molar-refractivity contribution in [2.75, 3.05) is 0 Å². The molecule has 0 bridgehead atoms. The summed E-state index contributed by atoms with van der Waals surface area (Å²) in [4.78, 5) is 11.5. The molecule has 3 heteroatoms. The average Bonchev–Trinajstić information content (AvgIpc) is 2.76. The second-order valence-corrected chi connectivity index (χ2v) is 8.69. The first-order valence-corrected chi connectivity index (χ1v) is 12.6. The summed E-state index contributed by atoms with van der Waals surface area (Å²) >= 11 is 0. The van der Waals surface area contributed by atoms with Crippen LogP contribution >= 0.6 is 0 Å². The molecule has 1 aliphatic rings. The minimum Gasteiger partial charge on any atom is -0.493 e. The summed E-state index contributed by atoms with van der Waals surface area (Å²) in [5, 5.41) is 9.43. The van der Waals surface area contributed by atoms with Crippen molar-refractivity contribution < 1.29 is 14.6 Å². The Bertz CT molecular complexity index is 492. The number of hydrogen-bond donors (Lipinski definition) is 1. The van der Waals surface area contributed by atoms with Gasteiger partial charge < -0.3 is 9.84 Å². The van der Waals surface area contributed by atoms with Crippen molar-refractivity contribution in [3.05, 3.63) is 36.6 Å². The van der Waals surface area contributed by atoms with Gasteiger partial charge in [0, 0.05) is 0 Å². The Morgan fingerprint density at radius 2 is 1.37 bits per heavy atom. The number of carboxylic acid groups (broad SMARTS) is 1.